The first-order valence-electron chi connectivity index (χ1n) is 5.80. The van der Waals surface area contributed by atoms with Gasteiger partial charge in [-0.3, -0.25) is 0 Å². The fourth-order valence-electron chi connectivity index (χ4n) is 1.48. The number of hydrogen-bond donors (Lipinski definition) is 2. The highest BCUT2D eigenvalue weighted by Crippen LogP contribution is 2.15. The molecule has 0 fully saturated rings. The Morgan fingerprint density at radius 1 is 1.32 bits per heavy atom. The van der Waals surface area contributed by atoms with E-state index in [2.05, 4.69) is 9.71 Å². The minimum atomic E-state index is -3.51. The summed E-state index contributed by atoms with van der Waals surface area (Å²) in [5.41, 5.74) is 6.06. The van der Waals surface area contributed by atoms with Gasteiger partial charge in [-0.25, -0.2) is 18.1 Å². The number of anilines is 1. The predicted octanol–water partition coefficient (Wildman–Crippen LogP) is 1.77. The molecule has 0 aliphatic carbocycles. The summed E-state index contributed by atoms with van der Waals surface area (Å²) in [6.07, 6.45) is 2.68. The van der Waals surface area contributed by atoms with E-state index in [-0.39, 0.29) is 11.4 Å². The molecule has 0 saturated heterocycles. The molecule has 19 heavy (non-hydrogen) atoms. The van der Waals surface area contributed by atoms with Crippen LogP contribution in [0.1, 0.15) is 16.8 Å². The van der Waals surface area contributed by atoms with E-state index < -0.39 is 10.0 Å². The van der Waals surface area contributed by atoms with Gasteiger partial charge in [-0.15, -0.1) is 11.3 Å². The number of nitrogens with zero attached hydrogens (tertiary/aromatic N) is 1. The lowest BCUT2D eigenvalue weighted by atomic mass is 10.3. The van der Waals surface area contributed by atoms with Crippen molar-refractivity contribution in [1.29, 1.82) is 0 Å². The molecule has 2 aromatic rings. The maximum atomic E-state index is 12.0. The van der Waals surface area contributed by atoms with Crippen LogP contribution in [0.15, 0.2) is 35.4 Å². The summed E-state index contributed by atoms with van der Waals surface area (Å²) in [7, 11) is -3.51. The lowest BCUT2D eigenvalue weighted by molar-refractivity contribution is 0.581. The number of nitrogens with two attached hydrogens (primary N) is 1. The topological polar surface area (TPSA) is 85.1 Å². The number of rotatable bonds is 5. The molecule has 5 nitrogen and oxygen atoms in total. The first-order chi connectivity index (χ1) is 9.01. The average Bonchev–Trinajstić information content (AvgIpc) is 2.85. The normalized spacial score (nSPS) is 11.6. The van der Waals surface area contributed by atoms with Crippen LogP contribution in [-0.4, -0.2) is 13.4 Å². The molecule has 0 spiro atoms. The Labute approximate surface area is 116 Å². The maximum Gasteiger partial charge on any atom is 0.240 e. The summed E-state index contributed by atoms with van der Waals surface area (Å²) < 4.78 is 26.6. The largest absolute Gasteiger partial charge is 0.399 e. The quantitative estimate of drug-likeness (QED) is 0.824. The van der Waals surface area contributed by atoms with Crippen molar-refractivity contribution in [2.24, 2.45) is 0 Å². The van der Waals surface area contributed by atoms with E-state index in [9.17, 15) is 8.42 Å². The summed E-state index contributed by atoms with van der Waals surface area (Å²) in [6.45, 7) is 2.24. The van der Waals surface area contributed by atoms with Crippen molar-refractivity contribution in [3.05, 3.63) is 40.3 Å². The van der Waals surface area contributed by atoms with Crippen LogP contribution >= 0.6 is 11.3 Å². The molecule has 0 radical (unpaired) electrons. The lowest BCUT2D eigenvalue weighted by Gasteiger charge is -2.05. The number of benzene rings is 1. The van der Waals surface area contributed by atoms with Crippen molar-refractivity contribution >= 4 is 27.0 Å². The van der Waals surface area contributed by atoms with Gasteiger partial charge in [-0.2, -0.15) is 0 Å². The average molecular weight is 297 g/mol. The summed E-state index contributed by atoms with van der Waals surface area (Å²) in [5.74, 6) is 0. The number of aromatic nitrogens is 1. The fraction of sp³-hybridized carbons (Fsp3) is 0.250. The number of nitrogens with one attached hydrogen (secondary N) is 1. The van der Waals surface area contributed by atoms with Gasteiger partial charge in [0.1, 0.15) is 5.01 Å². The molecule has 102 valence electrons. The van der Waals surface area contributed by atoms with Gasteiger partial charge in [0.2, 0.25) is 10.0 Å². The van der Waals surface area contributed by atoms with E-state index in [1.165, 1.54) is 23.5 Å². The van der Waals surface area contributed by atoms with Crippen LogP contribution in [0.2, 0.25) is 0 Å². The summed E-state index contributed by atoms with van der Waals surface area (Å²) in [5, 5.41) is 0.760. The van der Waals surface area contributed by atoms with Crippen molar-refractivity contribution in [3.8, 4) is 0 Å². The predicted molar refractivity (Wildman–Crippen MR) is 76.4 cm³/mol. The molecule has 0 amide bonds. The fourth-order valence-corrected chi connectivity index (χ4v) is 3.36. The minimum Gasteiger partial charge on any atom is -0.399 e. The van der Waals surface area contributed by atoms with Gasteiger partial charge in [0.25, 0.3) is 0 Å². The number of thiazole rings is 1. The van der Waals surface area contributed by atoms with E-state index in [0.717, 1.165) is 16.3 Å². The SMILES string of the molecule is CCc1cnc(CNS(=O)(=O)c2ccc(N)cc2)s1. The molecule has 1 aromatic heterocycles. The van der Waals surface area contributed by atoms with Crippen molar-refractivity contribution in [1.82, 2.24) is 9.71 Å². The first-order valence-corrected chi connectivity index (χ1v) is 8.10. The van der Waals surface area contributed by atoms with Crippen molar-refractivity contribution in [2.45, 2.75) is 24.8 Å². The lowest BCUT2D eigenvalue weighted by Crippen LogP contribution is -2.23. The standard InChI is InChI=1S/C12H15N3O2S2/c1-2-10-7-14-12(18-10)8-15-19(16,17)11-5-3-9(13)4-6-11/h3-7,15H,2,8,13H2,1H3. The zero-order valence-electron chi connectivity index (χ0n) is 10.5. The summed E-state index contributed by atoms with van der Waals surface area (Å²) in [6, 6.07) is 6.09. The van der Waals surface area contributed by atoms with E-state index in [1.807, 2.05) is 6.92 Å². The second kappa shape index (κ2) is 5.68. The highest BCUT2D eigenvalue weighted by atomic mass is 32.2. The molecule has 0 atom stereocenters. The molecule has 0 saturated carbocycles. The van der Waals surface area contributed by atoms with E-state index in [4.69, 9.17) is 5.73 Å². The Hall–Kier alpha value is -1.44. The van der Waals surface area contributed by atoms with Gasteiger partial charge < -0.3 is 5.73 Å². The van der Waals surface area contributed by atoms with Crippen molar-refractivity contribution in [3.63, 3.8) is 0 Å². The van der Waals surface area contributed by atoms with Gasteiger partial charge >= 0.3 is 0 Å². The highest BCUT2D eigenvalue weighted by Gasteiger charge is 2.14. The Morgan fingerprint density at radius 3 is 2.58 bits per heavy atom. The van der Waals surface area contributed by atoms with Crippen LogP contribution < -0.4 is 10.5 Å². The number of nitrogen functional groups attached to an aromatic ring is 1. The van der Waals surface area contributed by atoms with Crippen LogP contribution in [0, 0.1) is 0 Å². The number of hydrogen-bond acceptors (Lipinski definition) is 5. The Kier molecular flexibility index (Phi) is 4.18. The zero-order valence-corrected chi connectivity index (χ0v) is 12.1. The molecule has 0 aliphatic heterocycles. The third-order valence-electron chi connectivity index (χ3n) is 2.55. The molecule has 7 heteroatoms. The van der Waals surface area contributed by atoms with Crippen molar-refractivity contribution < 1.29 is 8.42 Å². The van der Waals surface area contributed by atoms with Gasteiger partial charge in [-0.05, 0) is 30.7 Å². The van der Waals surface area contributed by atoms with E-state index in [0.29, 0.717) is 5.69 Å². The van der Waals surface area contributed by atoms with Gasteiger partial charge in [0.05, 0.1) is 11.4 Å². The number of sulfonamides is 1. The summed E-state index contributed by atoms with van der Waals surface area (Å²) in [4.78, 5) is 5.51. The highest BCUT2D eigenvalue weighted by molar-refractivity contribution is 7.89. The molecule has 0 aliphatic rings. The molecule has 0 bridgehead atoms. The monoisotopic (exact) mass is 297 g/mol. The van der Waals surface area contributed by atoms with Gasteiger partial charge in [0, 0.05) is 16.8 Å². The van der Waals surface area contributed by atoms with Crippen LogP contribution in [0.25, 0.3) is 0 Å². The van der Waals surface area contributed by atoms with E-state index in [1.54, 1.807) is 18.3 Å². The molecule has 3 N–H and O–H groups in total. The van der Waals surface area contributed by atoms with E-state index >= 15 is 0 Å². The molecule has 1 heterocycles. The van der Waals surface area contributed by atoms with Crippen LogP contribution in [-0.2, 0) is 23.0 Å². The van der Waals surface area contributed by atoms with Crippen LogP contribution in [0.5, 0.6) is 0 Å². The molecule has 0 unspecified atom stereocenters. The Morgan fingerprint density at radius 2 is 2.00 bits per heavy atom. The third kappa shape index (κ3) is 3.52. The molecule has 2 rings (SSSR count). The second-order valence-corrected chi connectivity index (χ2v) is 6.93. The minimum absolute atomic E-state index is 0.203. The smallest absolute Gasteiger partial charge is 0.240 e. The summed E-state index contributed by atoms with van der Waals surface area (Å²) >= 11 is 1.51. The van der Waals surface area contributed by atoms with Crippen LogP contribution in [0.4, 0.5) is 5.69 Å². The second-order valence-electron chi connectivity index (χ2n) is 3.97. The molecular weight excluding hydrogens is 282 g/mol. The molecular formula is C12H15N3O2S2. The zero-order chi connectivity index (χ0) is 13.9. The Bertz CT molecular complexity index is 648. The third-order valence-corrected chi connectivity index (χ3v) is 5.11. The molecule has 1 aromatic carbocycles. The van der Waals surface area contributed by atoms with Crippen LogP contribution in [0.3, 0.4) is 0 Å². The maximum absolute atomic E-state index is 12.0. The van der Waals surface area contributed by atoms with Gasteiger partial charge in [0.15, 0.2) is 0 Å². The van der Waals surface area contributed by atoms with Gasteiger partial charge in [-0.1, -0.05) is 6.92 Å². The number of aryl methyl sites for hydroxylation is 1. The Balaban J connectivity index is 2.07. The first kappa shape index (κ1) is 14.0. The van der Waals surface area contributed by atoms with Crippen molar-refractivity contribution in [2.75, 3.05) is 5.73 Å².